The summed E-state index contributed by atoms with van der Waals surface area (Å²) in [6, 6.07) is 18.4. The van der Waals surface area contributed by atoms with Crippen LogP contribution >= 0.6 is 23.1 Å². The number of hydrogen-bond acceptors (Lipinski definition) is 8. The molecule has 30 heavy (non-hydrogen) atoms. The van der Waals surface area contributed by atoms with Crippen molar-refractivity contribution in [2.75, 3.05) is 4.72 Å². The Balaban J connectivity index is 1.81. The number of nitrogens with one attached hydrogen (secondary N) is 1. The van der Waals surface area contributed by atoms with Crippen LogP contribution in [-0.4, -0.2) is 18.8 Å². The minimum Gasteiger partial charge on any atom is -0.506 e. The van der Waals surface area contributed by atoms with Crippen molar-refractivity contribution in [2.24, 2.45) is 0 Å². The molecule has 0 aliphatic heterocycles. The van der Waals surface area contributed by atoms with Gasteiger partial charge in [-0.15, -0.1) is 11.3 Å². The molecule has 0 radical (unpaired) electrons. The summed E-state index contributed by atoms with van der Waals surface area (Å²) >= 11 is 2.25. The van der Waals surface area contributed by atoms with Gasteiger partial charge in [0.05, 0.1) is 15.5 Å². The Morgan fingerprint density at radius 2 is 1.67 bits per heavy atom. The molecule has 0 saturated heterocycles. The first-order chi connectivity index (χ1) is 14.5. The Labute approximate surface area is 180 Å². The smallest absolute Gasteiger partial charge is 0.271 e. The molecule has 1 heterocycles. The number of para-hydroxylation sites is 1. The predicted octanol–water partition coefficient (Wildman–Crippen LogP) is 5.34. The summed E-state index contributed by atoms with van der Waals surface area (Å²) in [5.41, 5.74) is 0.330. The number of anilines is 1. The van der Waals surface area contributed by atoms with Gasteiger partial charge >= 0.3 is 0 Å². The molecule has 154 valence electrons. The van der Waals surface area contributed by atoms with Crippen LogP contribution in [0.1, 0.15) is 0 Å². The third-order valence-electron chi connectivity index (χ3n) is 4.18. The van der Waals surface area contributed by atoms with Crippen molar-refractivity contribution in [1.29, 1.82) is 0 Å². The highest BCUT2D eigenvalue weighted by Crippen LogP contribution is 2.45. The van der Waals surface area contributed by atoms with Crippen LogP contribution in [0.25, 0.3) is 10.8 Å². The number of sulfonamides is 1. The maximum atomic E-state index is 12.8. The first-order valence-corrected chi connectivity index (χ1v) is 11.7. The van der Waals surface area contributed by atoms with Gasteiger partial charge in [0.1, 0.15) is 9.96 Å². The van der Waals surface area contributed by atoms with E-state index in [2.05, 4.69) is 9.76 Å². The number of phenolic OH excluding ortho intramolecular Hbond substituents is 1. The van der Waals surface area contributed by atoms with Gasteiger partial charge in [-0.25, -0.2) is 13.7 Å². The van der Waals surface area contributed by atoms with E-state index in [0.29, 0.717) is 26.3 Å². The van der Waals surface area contributed by atoms with Gasteiger partial charge in [-0.3, -0.25) is 4.72 Å². The first kappa shape index (κ1) is 20.5. The fourth-order valence-electron chi connectivity index (χ4n) is 2.87. The third kappa shape index (κ3) is 4.09. The second kappa shape index (κ2) is 8.54. The molecule has 4 aromatic rings. The minimum absolute atomic E-state index is 0.00519. The van der Waals surface area contributed by atoms with Crippen LogP contribution < -0.4 is 9.61 Å². The molecule has 0 bridgehead atoms. The normalized spacial score (nSPS) is 11.5. The average Bonchev–Trinajstić information content (AvgIpc) is 3.29. The lowest BCUT2D eigenvalue weighted by atomic mass is 10.1. The van der Waals surface area contributed by atoms with Crippen molar-refractivity contribution in [3.05, 3.63) is 72.1 Å². The minimum atomic E-state index is -3.78. The van der Waals surface area contributed by atoms with Crippen LogP contribution in [-0.2, 0) is 15.1 Å². The van der Waals surface area contributed by atoms with Crippen molar-refractivity contribution in [2.45, 2.75) is 14.0 Å². The zero-order valence-corrected chi connectivity index (χ0v) is 17.6. The Kier molecular flexibility index (Phi) is 5.84. The highest BCUT2D eigenvalue weighted by atomic mass is 32.2. The Morgan fingerprint density at radius 1 is 0.933 bits per heavy atom. The molecule has 3 N–H and O–H groups in total. The quantitative estimate of drug-likeness (QED) is 0.194. The second-order valence-corrected chi connectivity index (χ2v) is 10.0. The van der Waals surface area contributed by atoms with Gasteiger partial charge in [0.25, 0.3) is 10.0 Å². The summed E-state index contributed by atoms with van der Waals surface area (Å²) in [5, 5.41) is 25.9. The first-order valence-electron chi connectivity index (χ1n) is 8.55. The van der Waals surface area contributed by atoms with Crippen molar-refractivity contribution >= 4 is 49.6 Å². The van der Waals surface area contributed by atoms with Gasteiger partial charge in [-0.2, -0.15) is 0 Å². The molecule has 10 heteroatoms. The van der Waals surface area contributed by atoms with E-state index < -0.39 is 10.0 Å². The van der Waals surface area contributed by atoms with E-state index in [-0.39, 0.29) is 15.7 Å². The fraction of sp³-hybridized carbons (Fsp3) is 0. The third-order valence-corrected chi connectivity index (χ3v) is 8.03. The number of rotatable bonds is 7. The Bertz CT molecular complexity index is 1290. The summed E-state index contributed by atoms with van der Waals surface area (Å²) in [5.74, 6) is 0.229. The van der Waals surface area contributed by atoms with Crippen molar-refractivity contribution < 1.29 is 28.7 Å². The molecule has 3 aromatic carbocycles. The maximum Gasteiger partial charge on any atom is 0.271 e. The number of thiophene rings is 1. The lowest BCUT2D eigenvalue weighted by molar-refractivity contribution is -0.439. The van der Waals surface area contributed by atoms with E-state index in [1.54, 1.807) is 66.0 Å². The highest BCUT2D eigenvalue weighted by molar-refractivity contribution is 7.99. The molecule has 0 amide bonds. The molecule has 4 rings (SSSR count). The molecule has 1 aromatic heterocycles. The molecule has 7 nitrogen and oxygen atoms in total. The molecule has 0 atom stereocenters. The van der Waals surface area contributed by atoms with E-state index >= 15 is 0 Å². The molecule has 0 aliphatic rings. The van der Waals surface area contributed by atoms with Gasteiger partial charge in [0, 0.05) is 10.8 Å². The van der Waals surface area contributed by atoms with Gasteiger partial charge in [-0.05, 0) is 34.7 Å². The largest absolute Gasteiger partial charge is 0.506 e. The topological polar surface area (TPSA) is 105 Å². The maximum absolute atomic E-state index is 12.8. The molecule has 0 saturated carbocycles. The molecule has 0 fully saturated rings. The van der Waals surface area contributed by atoms with Gasteiger partial charge in [-0.1, -0.05) is 54.2 Å². The van der Waals surface area contributed by atoms with Gasteiger partial charge < -0.3 is 9.99 Å². The number of fused-ring (bicyclic) bond motifs is 1. The lowest BCUT2D eigenvalue weighted by Crippen LogP contribution is -2.11. The molecule has 0 aliphatic carbocycles. The standard InChI is InChI=1S/C20H15NO6S3/c22-20-14-7-2-1-6-13(14)15(21-30(24,25)19-10-5-11-28-19)12-18(20)29-17-9-4-3-8-16(17)26-27-23/h1-12,21-23H. The van der Waals surface area contributed by atoms with Crippen LogP contribution in [0.5, 0.6) is 11.5 Å². The van der Waals surface area contributed by atoms with Crippen molar-refractivity contribution in [1.82, 2.24) is 0 Å². The summed E-state index contributed by atoms with van der Waals surface area (Å²) in [6.07, 6.45) is 0. The molecular weight excluding hydrogens is 446 g/mol. The number of aromatic hydroxyl groups is 1. The molecule has 0 unspecified atom stereocenters. The lowest BCUT2D eigenvalue weighted by Gasteiger charge is -2.15. The summed E-state index contributed by atoms with van der Waals surface area (Å²) in [7, 11) is -3.78. The van der Waals surface area contributed by atoms with Gasteiger partial charge in [0.2, 0.25) is 0 Å². The zero-order chi connectivity index (χ0) is 21.1. The van der Waals surface area contributed by atoms with E-state index in [4.69, 9.17) is 10.1 Å². The zero-order valence-electron chi connectivity index (χ0n) is 15.2. The number of phenols is 1. The van der Waals surface area contributed by atoms with Crippen molar-refractivity contribution in [3.8, 4) is 11.5 Å². The highest BCUT2D eigenvalue weighted by Gasteiger charge is 2.20. The van der Waals surface area contributed by atoms with Crippen LogP contribution in [0.2, 0.25) is 0 Å². The average molecular weight is 462 g/mol. The van der Waals surface area contributed by atoms with E-state index in [1.165, 1.54) is 6.07 Å². The van der Waals surface area contributed by atoms with Crippen LogP contribution in [0.4, 0.5) is 5.69 Å². The number of hydrogen-bond donors (Lipinski definition) is 3. The Hall–Kier alpha value is -2.76. The monoisotopic (exact) mass is 461 g/mol. The summed E-state index contributed by atoms with van der Waals surface area (Å²) in [6.45, 7) is 0. The van der Waals surface area contributed by atoms with E-state index in [0.717, 1.165) is 23.1 Å². The summed E-state index contributed by atoms with van der Waals surface area (Å²) < 4.78 is 28.3. The van der Waals surface area contributed by atoms with Crippen LogP contribution in [0, 0.1) is 0 Å². The van der Waals surface area contributed by atoms with Gasteiger partial charge in [0.15, 0.2) is 5.75 Å². The second-order valence-electron chi connectivity index (χ2n) is 6.06. The predicted molar refractivity (Wildman–Crippen MR) is 116 cm³/mol. The SMILES string of the molecule is O=S(=O)(Nc1cc(Sc2ccccc2OOO)c(O)c2ccccc12)c1cccs1. The van der Waals surface area contributed by atoms with Crippen LogP contribution in [0.3, 0.4) is 0 Å². The molecule has 0 spiro atoms. The van der Waals surface area contributed by atoms with E-state index in [1.807, 2.05) is 0 Å². The van der Waals surface area contributed by atoms with Crippen LogP contribution in [0.15, 0.2) is 86.1 Å². The molecular formula is C20H15NO6S3. The van der Waals surface area contributed by atoms with Crippen molar-refractivity contribution in [3.63, 3.8) is 0 Å². The Morgan fingerprint density at radius 3 is 2.40 bits per heavy atom. The summed E-state index contributed by atoms with van der Waals surface area (Å²) in [4.78, 5) is 5.68. The van der Waals surface area contributed by atoms with E-state index in [9.17, 15) is 13.5 Å². The number of benzene rings is 3. The fourth-order valence-corrected chi connectivity index (χ4v) is 5.90.